The lowest BCUT2D eigenvalue weighted by atomic mass is 9.86. The van der Waals surface area contributed by atoms with E-state index in [0.29, 0.717) is 5.92 Å². The maximum Gasteiger partial charge on any atom is 0.321 e. The number of fused-ring (bicyclic) bond motifs is 1. The Morgan fingerprint density at radius 3 is 3.00 bits per heavy atom. The van der Waals surface area contributed by atoms with Gasteiger partial charge in [0.15, 0.2) is 0 Å². The van der Waals surface area contributed by atoms with Crippen molar-refractivity contribution in [3.63, 3.8) is 0 Å². The molecule has 5 nitrogen and oxygen atoms in total. The molecule has 0 aromatic carbocycles. The average molecular weight is 335 g/mol. The molecule has 1 aliphatic heterocycles. The number of rotatable bonds is 3. The molecule has 1 aromatic heterocycles. The molecule has 1 fully saturated rings. The van der Waals surface area contributed by atoms with Crippen LogP contribution >= 0.6 is 11.3 Å². The van der Waals surface area contributed by atoms with Crippen LogP contribution in [0.3, 0.4) is 0 Å². The first kappa shape index (κ1) is 16.5. The van der Waals surface area contributed by atoms with Crippen LogP contribution in [0, 0.1) is 5.92 Å². The number of nitrogens with zero attached hydrogens (tertiary/aromatic N) is 1. The van der Waals surface area contributed by atoms with E-state index in [0.717, 1.165) is 38.8 Å². The Balaban J connectivity index is 1.43. The lowest BCUT2D eigenvalue weighted by molar-refractivity contribution is -0.121. The van der Waals surface area contributed by atoms with E-state index in [-0.39, 0.29) is 24.5 Å². The van der Waals surface area contributed by atoms with Crippen LogP contribution in [0.1, 0.15) is 43.0 Å². The van der Waals surface area contributed by atoms with Gasteiger partial charge in [-0.25, -0.2) is 4.79 Å². The quantitative estimate of drug-likeness (QED) is 0.892. The SMILES string of the molecule is C[C@H]1CCCC[C@H]1NC(=O)NC(=O)CN1CCc2sccc2C1. The summed E-state index contributed by atoms with van der Waals surface area (Å²) in [6, 6.07) is 1.98. The molecule has 0 radical (unpaired) electrons. The Labute approximate surface area is 141 Å². The summed E-state index contributed by atoms with van der Waals surface area (Å²) in [5, 5.41) is 7.55. The highest BCUT2D eigenvalue weighted by Crippen LogP contribution is 2.24. The average Bonchev–Trinajstić information content (AvgIpc) is 2.97. The Kier molecular flexibility index (Phi) is 5.33. The van der Waals surface area contributed by atoms with E-state index in [1.165, 1.54) is 16.9 Å². The van der Waals surface area contributed by atoms with Crippen molar-refractivity contribution in [1.82, 2.24) is 15.5 Å². The summed E-state index contributed by atoms with van der Waals surface area (Å²) in [5.41, 5.74) is 1.31. The minimum absolute atomic E-state index is 0.194. The third kappa shape index (κ3) is 4.32. The Morgan fingerprint density at radius 1 is 1.35 bits per heavy atom. The van der Waals surface area contributed by atoms with Gasteiger partial charge in [0.25, 0.3) is 0 Å². The van der Waals surface area contributed by atoms with Crippen LogP contribution in [0.25, 0.3) is 0 Å². The molecule has 1 saturated carbocycles. The van der Waals surface area contributed by atoms with E-state index < -0.39 is 0 Å². The topological polar surface area (TPSA) is 61.4 Å². The molecule has 3 rings (SSSR count). The number of hydrogen-bond acceptors (Lipinski definition) is 4. The predicted octanol–water partition coefficient (Wildman–Crippen LogP) is 2.51. The highest BCUT2D eigenvalue weighted by Gasteiger charge is 2.24. The Hall–Kier alpha value is -1.40. The molecule has 0 spiro atoms. The van der Waals surface area contributed by atoms with Gasteiger partial charge in [-0.3, -0.25) is 15.0 Å². The second kappa shape index (κ2) is 7.45. The Bertz CT molecular complexity index is 572. The second-order valence-corrected chi connectivity index (χ2v) is 7.72. The minimum atomic E-state index is -0.345. The number of carbonyl (C=O) groups excluding carboxylic acids is 2. The van der Waals surface area contributed by atoms with Gasteiger partial charge in [0, 0.05) is 24.0 Å². The third-order valence-corrected chi connectivity index (χ3v) is 5.96. The summed E-state index contributed by atoms with van der Waals surface area (Å²) >= 11 is 1.79. The predicted molar refractivity (Wildman–Crippen MR) is 91.4 cm³/mol. The number of urea groups is 1. The fourth-order valence-electron chi connectivity index (χ4n) is 3.55. The van der Waals surface area contributed by atoms with E-state index in [4.69, 9.17) is 0 Å². The van der Waals surface area contributed by atoms with Crippen molar-refractivity contribution in [3.8, 4) is 0 Å². The fraction of sp³-hybridized carbons (Fsp3) is 0.647. The van der Waals surface area contributed by atoms with Crippen molar-refractivity contribution in [1.29, 1.82) is 0 Å². The standard InChI is InChI=1S/C17H25N3O2S/c1-12-4-2-3-5-14(12)18-17(22)19-16(21)11-20-8-6-15-13(10-20)7-9-23-15/h7,9,12,14H,2-6,8,10-11H2,1H3,(H2,18,19,21,22)/t12-,14+/m0/s1. The number of thiophene rings is 1. The van der Waals surface area contributed by atoms with Crippen molar-refractivity contribution in [2.24, 2.45) is 5.92 Å². The van der Waals surface area contributed by atoms with E-state index in [9.17, 15) is 9.59 Å². The molecule has 3 amide bonds. The Morgan fingerprint density at radius 2 is 2.17 bits per heavy atom. The molecule has 126 valence electrons. The summed E-state index contributed by atoms with van der Waals surface area (Å²) in [4.78, 5) is 27.6. The van der Waals surface area contributed by atoms with E-state index >= 15 is 0 Å². The van der Waals surface area contributed by atoms with Crippen LogP contribution in [-0.4, -0.2) is 36.0 Å². The number of hydrogen-bond donors (Lipinski definition) is 2. The molecule has 2 heterocycles. The zero-order valence-corrected chi connectivity index (χ0v) is 14.5. The number of imide groups is 1. The number of carbonyl (C=O) groups is 2. The molecule has 1 aromatic rings. The summed E-state index contributed by atoms with van der Waals surface area (Å²) in [5.74, 6) is 0.272. The molecule has 6 heteroatoms. The van der Waals surface area contributed by atoms with Crippen LogP contribution in [0.15, 0.2) is 11.4 Å². The summed E-state index contributed by atoms with van der Waals surface area (Å²) in [6.45, 7) is 4.12. The van der Waals surface area contributed by atoms with E-state index in [2.05, 4.69) is 33.9 Å². The van der Waals surface area contributed by atoms with Crippen LogP contribution in [0.2, 0.25) is 0 Å². The van der Waals surface area contributed by atoms with Gasteiger partial charge in [0.05, 0.1) is 6.54 Å². The number of nitrogens with one attached hydrogen (secondary N) is 2. The van der Waals surface area contributed by atoms with Gasteiger partial charge >= 0.3 is 6.03 Å². The van der Waals surface area contributed by atoms with Gasteiger partial charge < -0.3 is 5.32 Å². The number of amides is 3. The summed E-state index contributed by atoms with van der Waals surface area (Å²) in [7, 11) is 0. The molecule has 2 N–H and O–H groups in total. The van der Waals surface area contributed by atoms with Crippen molar-refractivity contribution in [3.05, 3.63) is 21.9 Å². The molecule has 2 atom stereocenters. The van der Waals surface area contributed by atoms with Crippen molar-refractivity contribution < 1.29 is 9.59 Å². The van der Waals surface area contributed by atoms with Crippen molar-refractivity contribution in [2.45, 2.75) is 51.6 Å². The zero-order chi connectivity index (χ0) is 16.2. The van der Waals surface area contributed by atoms with Crippen LogP contribution in [-0.2, 0) is 17.8 Å². The van der Waals surface area contributed by atoms with Gasteiger partial charge in [-0.2, -0.15) is 0 Å². The molecular formula is C17H25N3O2S. The van der Waals surface area contributed by atoms with Gasteiger partial charge in [0.1, 0.15) is 0 Å². The first-order valence-corrected chi connectivity index (χ1v) is 9.37. The van der Waals surface area contributed by atoms with E-state index in [1.54, 1.807) is 11.3 Å². The van der Waals surface area contributed by atoms with Gasteiger partial charge in [-0.1, -0.05) is 19.8 Å². The van der Waals surface area contributed by atoms with Crippen molar-refractivity contribution in [2.75, 3.05) is 13.1 Å². The smallest absolute Gasteiger partial charge is 0.321 e. The van der Waals surface area contributed by atoms with Crippen LogP contribution < -0.4 is 10.6 Å². The third-order valence-electron chi connectivity index (χ3n) is 4.93. The molecule has 23 heavy (non-hydrogen) atoms. The lowest BCUT2D eigenvalue weighted by Gasteiger charge is -2.29. The summed E-state index contributed by atoms with van der Waals surface area (Å²) in [6.07, 6.45) is 5.54. The molecule has 2 aliphatic rings. The normalized spacial score (nSPS) is 24.7. The molecular weight excluding hydrogens is 310 g/mol. The first-order chi connectivity index (χ1) is 11.1. The van der Waals surface area contributed by atoms with Gasteiger partial charge in [-0.05, 0) is 42.2 Å². The molecule has 0 unspecified atom stereocenters. The zero-order valence-electron chi connectivity index (χ0n) is 13.6. The highest BCUT2D eigenvalue weighted by atomic mass is 32.1. The maximum absolute atomic E-state index is 12.1. The largest absolute Gasteiger partial charge is 0.335 e. The lowest BCUT2D eigenvalue weighted by Crippen LogP contribution is -2.50. The fourth-order valence-corrected chi connectivity index (χ4v) is 4.44. The second-order valence-electron chi connectivity index (χ2n) is 6.72. The van der Waals surface area contributed by atoms with Gasteiger partial charge in [0.2, 0.25) is 5.91 Å². The highest BCUT2D eigenvalue weighted by molar-refractivity contribution is 7.10. The van der Waals surface area contributed by atoms with Gasteiger partial charge in [-0.15, -0.1) is 11.3 Å². The van der Waals surface area contributed by atoms with E-state index in [1.807, 2.05) is 0 Å². The van der Waals surface area contributed by atoms with Crippen LogP contribution in [0.4, 0.5) is 4.79 Å². The first-order valence-electron chi connectivity index (χ1n) is 8.50. The monoisotopic (exact) mass is 335 g/mol. The molecule has 0 bridgehead atoms. The van der Waals surface area contributed by atoms with Crippen molar-refractivity contribution >= 4 is 23.3 Å². The molecule has 1 aliphatic carbocycles. The summed E-state index contributed by atoms with van der Waals surface area (Å²) < 4.78 is 0. The maximum atomic E-state index is 12.1. The minimum Gasteiger partial charge on any atom is -0.335 e. The van der Waals surface area contributed by atoms with Crippen LogP contribution in [0.5, 0.6) is 0 Å². The molecule has 0 saturated heterocycles.